The number of hydrogen-bond donors (Lipinski definition) is 0. The topological polar surface area (TPSA) is 70.8 Å². The van der Waals surface area contributed by atoms with Crippen LogP contribution in [0, 0.1) is 0 Å². The third-order valence-electron chi connectivity index (χ3n) is 6.65. The Hall–Kier alpha value is -3.62. The lowest BCUT2D eigenvalue weighted by Crippen LogP contribution is -2.38. The number of carbonyl (C=O) groups is 1. The first-order valence-corrected chi connectivity index (χ1v) is 12.3. The fraction of sp³-hybridized carbons (Fsp3) is 0.357. The lowest BCUT2D eigenvalue weighted by molar-refractivity contribution is -0.134. The predicted octanol–water partition coefficient (Wildman–Crippen LogP) is 3.93. The summed E-state index contributed by atoms with van der Waals surface area (Å²) in [7, 11) is 3.62. The molecule has 3 heterocycles. The van der Waals surface area contributed by atoms with Crippen molar-refractivity contribution in [3.05, 3.63) is 83.8 Å². The van der Waals surface area contributed by atoms with Gasteiger partial charge >= 0.3 is 0 Å². The number of benzene rings is 2. The molecule has 0 unspecified atom stereocenters. The Kier molecular flexibility index (Phi) is 7.34. The Morgan fingerprint density at radius 1 is 1.08 bits per heavy atom. The molecule has 2 aromatic carbocycles. The highest BCUT2D eigenvalue weighted by Gasteiger charge is 2.35. The Bertz CT molecular complexity index is 1190. The first-order chi connectivity index (χ1) is 17.6. The van der Waals surface area contributed by atoms with E-state index >= 15 is 0 Å². The monoisotopic (exact) mass is 488 g/mol. The quantitative estimate of drug-likeness (QED) is 0.479. The maximum atomic E-state index is 13.5. The van der Waals surface area contributed by atoms with Crippen LogP contribution < -0.4 is 9.64 Å². The van der Waals surface area contributed by atoms with Gasteiger partial charge in [-0.1, -0.05) is 18.2 Å². The second-order valence-electron chi connectivity index (χ2n) is 9.15. The van der Waals surface area contributed by atoms with Gasteiger partial charge in [-0.3, -0.25) is 9.69 Å². The molecule has 1 fully saturated rings. The number of methoxy groups -OCH3 is 1. The molecule has 0 radical (unpaired) electrons. The number of para-hydroxylation sites is 1. The summed E-state index contributed by atoms with van der Waals surface area (Å²) in [4.78, 5) is 17.9. The predicted molar refractivity (Wildman–Crippen MR) is 138 cm³/mol. The minimum absolute atomic E-state index is 0.0636. The minimum Gasteiger partial charge on any atom is -0.497 e. The van der Waals surface area contributed by atoms with E-state index in [0.717, 1.165) is 49.1 Å². The zero-order chi connectivity index (χ0) is 24.9. The van der Waals surface area contributed by atoms with E-state index in [2.05, 4.69) is 23.1 Å². The summed E-state index contributed by atoms with van der Waals surface area (Å²) in [5, 5.41) is 6.34. The lowest BCUT2D eigenvalue weighted by Gasteiger charge is -2.31. The summed E-state index contributed by atoms with van der Waals surface area (Å²) < 4.78 is 16.5. The van der Waals surface area contributed by atoms with Gasteiger partial charge in [0.2, 0.25) is 0 Å². The van der Waals surface area contributed by atoms with Crippen molar-refractivity contribution >= 4 is 17.3 Å². The molecule has 1 atom stereocenters. The number of furan rings is 1. The molecule has 3 aromatic rings. The Morgan fingerprint density at radius 3 is 2.58 bits per heavy atom. The molecular weight excluding hydrogens is 456 g/mol. The number of hydrogen-bond acceptors (Lipinski definition) is 7. The smallest absolute Gasteiger partial charge is 0.257 e. The molecule has 1 amide bonds. The SMILES string of the molecule is COc1ccc(C2=NN(C(=O)CN(C)Cc3ccccc3N3CCOCC3)[C@@H](c3ccco3)C2)cc1. The van der Waals surface area contributed by atoms with Gasteiger partial charge < -0.3 is 18.8 Å². The van der Waals surface area contributed by atoms with Gasteiger partial charge in [-0.2, -0.15) is 5.10 Å². The molecule has 0 bridgehead atoms. The zero-order valence-electron chi connectivity index (χ0n) is 20.8. The first kappa shape index (κ1) is 24.1. The van der Waals surface area contributed by atoms with Crippen LogP contribution in [0.25, 0.3) is 0 Å². The Balaban J connectivity index is 1.31. The van der Waals surface area contributed by atoms with Crippen LogP contribution in [0.1, 0.15) is 29.3 Å². The summed E-state index contributed by atoms with van der Waals surface area (Å²) in [6.45, 7) is 4.13. The van der Waals surface area contributed by atoms with Gasteiger partial charge in [-0.25, -0.2) is 5.01 Å². The summed E-state index contributed by atoms with van der Waals surface area (Å²) in [6.07, 6.45) is 2.23. The second kappa shape index (κ2) is 11.0. The number of morpholine rings is 1. The van der Waals surface area contributed by atoms with Crippen molar-refractivity contribution in [3.8, 4) is 5.75 Å². The number of amides is 1. The van der Waals surface area contributed by atoms with Crippen LogP contribution >= 0.6 is 0 Å². The van der Waals surface area contributed by atoms with Gasteiger partial charge in [-0.15, -0.1) is 0 Å². The molecule has 0 aliphatic carbocycles. The van der Waals surface area contributed by atoms with Crippen LogP contribution in [-0.4, -0.2) is 68.5 Å². The maximum absolute atomic E-state index is 13.5. The van der Waals surface area contributed by atoms with Crippen LogP contribution in [0.4, 0.5) is 5.69 Å². The standard InChI is InChI=1S/C28H32N4O4/c1-30(19-22-6-3-4-7-25(22)31-13-16-35-17-14-31)20-28(33)32-26(27-8-5-15-36-27)18-24(29-32)21-9-11-23(34-2)12-10-21/h3-12,15,26H,13-14,16-20H2,1-2H3/t26-/m1/s1. The summed E-state index contributed by atoms with van der Waals surface area (Å²) >= 11 is 0. The highest BCUT2D eigenvalue weighted by atomic mass is 16.5. The molecule has 1 aromatic heterocycles. The molecule has 2 aliphatic heterocycles. The fourth-order valence-electron chi connectivity index (χ4n) is 4.81. The number of likely N-dealkylation sites (N-methyl/N-ethyl adjacent to an activating group) is 1. The molecule has 5 rings (SSSR count). The summed E-state index contributed by atoms with van der Waals surface area (Å²) in [5.41, 5.74) is 4.22. The van der Waals surface area contributed by atoms with E-state index in [4.69, 9.17) is 19.0 Å². The van der Waals surface area contributed by atoms with E-state index in [-0.39, 0.29) is 18.5 Å². The van der Waals surface area contributed by atoms with E-state index < -0.39 is 0 Å². The largest absolute Gasteiger partial charge is 0.497 e. The third-order valence-corrected chi connectivity index (χ3v) is 6.65. The molecule has 0 saturated carbocycles. The molecule has 188 valence electrons. The molecular formula is C28H32N4O4. The van der Waals surface area contributed by atoms with E-state index in [0.29, 0.717) is 13.0 Å². The van der Waals surface area contributed by atoms with Gasteiger partial charge in [0.25, 0.3) is 5.91 Å². The highest BCUT2D eigenvalue weighted by molar-refractivity contribution is 6.03. The highest BCUT2D eigenvalue weighted by Crippen LogP contribution is 2.33. The van der Waals surface area contributed by atoms with Crippen LogP contribution in [0.5, 0.6) is 5.75 Å². The molecule has 0 spiro atoms. The zero-order valence-corrected chi connectivity index (χ0v) is 20.8. The van der Waals surface area contributed by atoms with Gasteiger partial charge in [0, 0.05) is 31.7 Å². The average molecular weight is 489 g/mol. The summed E-state index contributed by atoms with van der Waals surface area (Å²) in [5.74, 6) is 1.45. The first-order valence-electron chi connectivity index (χ1n) is 12.3. The van der Waals surface area contributed by atoms with E-state index in [1.165, 1.54) is 11.3 Å². The van der Waals surface area contributed by atoms with Crippen molar-refractivity contribution in [2.24, 2.45) is 5.10 Å². The molecule has 8 heteroatoms. The Labute approximate surface area is 211 Å². The Morgan fingerprint density at radius 2 is 1.86 bits per heavy atom. The van der Waals surface area contributed by atoms with Gasteiger partial charge in [0.1, 0.15) is 17.6 Å². The normalized spacial score (nSPS) is 18.0. The number of nitrogens with zero attached hydrogens (tertiary/aromatic N) is 4. The van der Waals surface area contributed by atoms with Gasteiger partial charge in [0.05, 0.1) is 38.8 Å². The summed E-state index contributed by atoms with van der Waals surface area (Å²) in [6, 6.07) is 19.6. The van der Waals surface area contributed by atoms with Crippen LogP contribution in [0.3, 0.4) is 0 Å². The number of ether oxygens (including phenoxy) is 2. The minimum atomic E-state index is -0.265. The van der Waals surface area contributed by atoms with Crippen molar-refractivity contribution in [3.63, 3.8) is 0 Å². The molecule has 0 N–H and O–H groups in total. The van der Waals surface area contributed by atoms with Crippen molar-refractivity contribution in [1.29, 1.82) is 0 Å². The lowest BCUT2D eigenvalue weighted by atomic mass is 10.0. The van der Waals surface area contributed by atoms with E-state index in [9.17, 15) is 4.79 Å². The van der Waals surface area contributed by atoms with Crippen molar-refractivity contribution in [2.45, 2.75) is 19.0 Å². The van der Waals surface area contributed by atoms with Crippen molar-refractivity contribution < 1.29 is 18.7 Å². The molecule has 36 heavy (non-hydrogen) atoms. The number of hydrazone groups is 1. The van der Waals surface area contributed by atoms with Crippen molar-refractivity contribution in [2.75, 3.05) is 51.9 Å². The number of rotatable bonds is 8. The maximum Gasteiger partial charge on any atom is 0.257 e. The molecule has 8 nitrogen and oxygen atoms in total. The van der Waals surface area contributed by atoms with Crippen LogP contribution in [0.15, 0.2) is 76.4 Å². The van der Waals surface area contributed by atoms with Crippen molar-refractivity contribution in [1.82, 2.24) is 9.91 Å². The molecule has 2 aliphatic rings. The third kappa shape index (κ3) is 5.29. The van der Waals surface area contributed by atoms with Gasteiger partial charge in [-0.05, 0) is 60.6 Å². The van der Waals surface area contributed by atoms with Gasteiger partial charge in [0.15, 0.2) is 0 Å². The van der Waals surface area contributed by atoms with Crippen LogP contribution in [0.2, 0.25) is 0 Å². The van der Waals surface area contributed by atoms with Crippen LogP contribution in [-0.2, 0) is 16.1 Å². The van der Waals surface area contributed by atoms with E-state index in [1.54, 1.807) is 18.4 Å². The average Bonchev–Trinajstić information content (AvgIpc) is 3.60. The number of anilines is 1. The molecule has 1 saturated heterocycles. The fourth-order valence-corrected chi connectivity index (χ4v) is 4.81. The van der Waals surface area contributed by atoms with E-state index in [1.807, 2.05) is 54.4 Å². The second-order valence-corrected chi connectivity index (χ2v) is 9.15. The number of carbonyl (C=O) groups excluding carboxylic acids is 1.